The minimum absolute atomic E-state index is 0.0312. The normalized spacial score (nSPS) is 17.6. The Morgan fingerprint density at radius 2 is 1.98 bits per heavy atom. The van der Waals surface area contributed by atoms with Crippen LogP contribution in [0.3, 0.4) is 0 Å². The van der Waals surface area contributed by atoms with Crippen LogP contribution in [0.15, 0.2) is 59.9 Å². The SMILES string of the molecule is Cc1cc(CN(Cc2cn(C3CC3)c3cc(Cl)c(F)cc3c2=O)[C@H]2CCCN(c3cnccc3CO)C2)ccn1. The van der Waals surface area contributed by atoms with Crippen molar-refractivity contribution in [1.29, 1.82) is 0 Å². The van der Waals surface area contributed by atoms with Crippen molar-refractivity contribution in [3.63, 3.8) is 0 Å². The lowest BCUT2D eigenvalue weighted by Crippen LogP contribution is -2.48. The molecule has 4 heterocycles. The van der Waals surface area contributed by atoms with Crippen molar-refractivity contribution in [2.24, 2.45) is 0 Å². The Bertz CT molecular complexity index is 1600. The molecule has 0 spiro atoms. The Hall–Kier alpha value is -3.33. The molecule has 208 valence electrons. The Morgan fingerprint density at radius 3 is 2.75 bits per heavy atom. The fourth-order valence-electron chi connectivity index (χ4n) is 5.94. The van der Waals surface area contributed by atoms with E-state index in [0.717, 1.165) is 61.3 Å². The molecule has 4 aromatic rings. The van der Waals surface area contributed by atoms with Crippen LogP contribution in [-0.4, -0.2) is 43.7 Å². The van der Waals surface area contributed by atoms with Crippen LogP contribution in [0, 0.1) is 12.7 Å². The number of hydrogen-bond donors (Lipinski definition) is 1. The van der Waals surface area contributed by atoms with Crippen molar-refractivity contribution in [3.05, 3.63) is 98.6 Å². The van der Waals surface area contributed by atoms with E-state index in [2.05, 4.69) is 30.4 Å². The molecule has 40 heavy (non-hydrogen) atoms. The van der Waals surface area contributed by atoms with Gasteiger partial charge in [-0.2, -0.15) is 0 Å². The number of aryl methyl sites for hydroxylation is 1. The van der Waals surface area contributed by atoms with Gasteiger partial charge in [-0.1, -0.05) is 11.6 Å². The summed E-state index contributed by atoms with van der Waals surface area (Å²) in [6.45, 7) is 4.65. The van der Waals surface area contributed by atoms with E-state index in [4.69, 9.17) is 11.6 Å². The highest BCUT2D eigenvalue weighted by Gasteiger charge is 2.30. The van der Waals surface area contributed by atoms with Crippen molar-refractivity contribution >= 4 is 28.2 Å². The van der Waals surface area contributed by atoms with Gasteiger partial charge in [0, 0.05) is 79.1 Å². The van der Waals surface area contributed by atoms with E-state index in [0.29, 0.717) is 35.6 Å². The van der Waals surface area contributed by atoms with Crippen LogP contribution in [-0.2, 0) is 19.7 Å². The summed E-state index contributed by atoms with van der Waals surface area (Å²) in [5.74, 6) is -0.575. The van der Waals surface area contributed by atoms with Crippen molar-refractivity contribution in [2.45, 2.75) is 64.4 Å². The van der Waals surface area contributed by atoms with Gasteiger partial charge in [0.15, 0.2) is 5.43 Å². The zero-order valence-electron chi connectivity index (χ0n) is 22.6. The fraction of sp³-hybridized carbons (Fsp3) is 0.387. The van der Waals surface area contributed by atoms with Crippen LogP contribution >= 0.6 is 11.6 Å². The number of aliphatic hydroxyl groups excluding tert-OH is 1. The van der Waals surface area contributed by atoms with E-state index in [1.807, 2.05) is 37.6 Å². The highest BCUT2D eigenvalue weighted by molar-refractivity contribution is 6.31. The molecule has 1 saturated carbocycles. The molecule has 1 atom stereocenters. The van der Waals surface area contributed by atoms with E-state index < -0.39 is 5.82 Å². The maximum atomic E-state index is 14.5. The van der Waals surface area contributed by atoms with E-state index in [1.165, 1.54) is 6.07 Å². The fourth-order valence-corrected chi connectivity index (χ4v) is 6.10. The zero-order valence-corrected chi connectivity index (χ0v) is 23.3. The Morgan fingerprint density at radius 1 is 1.12 bits per heavy atom. The van der Waals surface area contributed by atoms with Crippen molar-refractivity contribution < 1.29 is 9.50 Å². The number of nitrogens with zero attached hydrogens (tertiary/aromatic N) is 5. The highest BCUT2D eigenvalue weighted by atomic mass is 35.5. The largest absolute Gasteiger partial charge is 0.392 e. The third-order valence-electron chi connectivity index (χ3n) is 8.12. The number of rotatable bonds is 8. The number of pyridine rings is 3. The zero-order chi connectivity index (χ0) is 27.8. The van der Waals surface area contributed by atoms with E-state index in [9.17, 15) is 14.3 Å². The van der Waals surface area contributed by atoms with E-state index in [1.54, 1.807) is 12.3 Å². The second kappa shape index (κ2) is 11.3. The molecule has 0 bridgehead atoms. The number of hydrogen-bond acceptors (Lipinski definition) is 6. The third kappa shape index (κ3) is 5.48. The summed E-state index contributed by atoms with van der Waals surface area (Å²) in [6, 6.07) is 9.29. The second-order valence-corrected chi connectivity index (χ2v) is 11.4. The summed E-state index contributed by atoms with van der Waals surface area (Å²) in [7, 11) is 0. The number of benzene rings is 1. The van der Waals surface area contributed by atoms with Gasteiger partial charge >= 0.3 is 0 Å². The molecule has 9 heteroatoms. The van der Waals surface area contributed by atoms with Crippen LogP contribution in [0.4, 0.5) is 10.1 Å². The summed E-state index contributed by atoms with van der Waals surface area (Å²) in [5.41, 5.74) is 5.07. The van der Waals surface area contributed by atoms with Crippen molar-refractivity contribution in [2.75, 3.05) is 18.0 Å². The third-order valence-corrected chi connectivity index (χ3v) is 8.41. The number of halogens is 2. The van der Waals surface area contributed by atoms with Gasteiger partial charge in [-0.05, 0) is 68.5 Å². The minimum Gasteiger partial charge on any atom is -0.392 e. The van der Waals surface area contributed by atoms with Crippen LogP contribution in [0.25, 0.3) is 10.9 Å². The molecule has 1 saturated heterocycles. The van der Waals surface area contributed by atoms with Gasteiger partial charge in [0.1, 0.15) is 5.82 Å². The second-order valence-electron chi connectivity index (χ2n) is 11.0. The summed E-state index contributed by atoms with van der Waals surface area (Å²) in [4.78, 5) is 27.1. The van der Waals surface area contributed by atoms with E-state index >= 15 is 0 Å². The summed E-state index contributed by atoms with van der Waals surface area (Å²) < 4.78 is 16.6. The molecule has 0 unspecified atom stereocenters. The van der Waals surface area contributed by atoms with Crippen molar-refractivity contribution in [1.82, 2.24) is 19.4 Å². The van der Waals surface area contributed by atoms with Crippen LogP contribution < -0.4 is 10.3 Å². The van der Waals surface area contributed by atoms with Gasteiger partial charge < -0.3 is 14.6 Å². The molecule has 7 nitrogen and oxygen atoms in total. The number of fused-ring (bicyclic) bond motifs is 1. The molecule has 2 fully saturated rings. The quantitative estimate of drug-likeness (QED) is 0.311. The van der Waals surface area contributed by atoms with Crippen LogP contribution in [0.5, 0.6) is 0 Å². The maximum absolute atomic E-state index is 14.5. The molecule has 1 aliphatic carbocycles. The first-order valence-electron chi connectivity index (χ1n) is 13.9. The number of piperidine rings is 1. The molecular weight excluding hydrogens is 529 g/mol. The summed E-state index contributed by atoms with van der Waals surface area (Å²) in [6.07, 6.45) is 11.3. The molecule has 1 aliphatic heterocycles. The molecule has 3 aromatic heterocycles. The van der Waals surface area contributed by atoms with Gasteiger partial charge in [0.05, 0.1) is 29.0 Å². The standard InChI is InChI=1S/C31H33ClFN5O2/c1-20-11-21(6-9-35-20)15-37(25-3-2-10-36(18-25)30-14-34-8-7-22(30)19-39)16-23-17-38(24-4-5-24)29-13-27(32)28(33)12-26(29)31(23)40/h6-9,11-14,17,24-25,39H,2-5,10,15-16,18-19H2,1H3/t25-/m0/s1. The lowest BCUT2D eigenvalue weighted by atomic mass is 10.0. The lowest BCUT2D eigenvalue weighted by molar-refractivity contribution is 0.158. The van der Waals surface area contributed by atoms with Gasteiger partial charge in [-0.25, -0.2) is 4.39 Å². The van der Waals surface area contributed by atoms with E-state index in [-0.39, 0.29) is 23.1 Å². The first-order valence-corrected chi connectivity index (χ1v) is 14.3. The number of aromatic nitrogens is 3. The van der Waals surface area contributed by atoms with Crippen LogP contribution in [0.2, 0.25) is 5.02 Å². The average Bonchev–Trinajstić information content (AvgIpc) is 3.81. The molecular formula is C31H33ClFN5O2. The molecule has 1 N–H and O–H groups in total. The van der Waals surface area contributed by atoms with Crippen molar-refractivity contribution in [3.8, 4) is 0 Å². The number of anilines is 1. The Balaban J connectivity index is 1.38. The molecule has 2 aliphatic rings. The first-order chi connectivity index (χ1) is 19.4. The minimum atomic E-state index is -0.575. The maximum Gasteiger partial charge on any atom is 0.193 e. The predicted molar refractivity (Wildman–Crippen MR) is 155 cm³/mol. The predicted octanol–water partition coefficient (Wildman–Crippen LogP) is 5.39. The lowest BCUT2D eigenvalue weighted by Gasteiger charge is -2.41. The smallest absolute Gasteiger partial charge is 0.193 e. The van der Waals surface area contributed by atoms with Gasteiger partial charge in [0.2, 0.25) is 0 Å². The first kappa shape index (κ1) is 26.9. The Labute approximate surface area is 237 Å². The van der Waals surface area contributed by atoms with Gasteiger partial charge in [0.25, 0.3) is 0 Å². The monoisotopic (exact) mass is 561 g/mol. The summed E-state index contributed by atoms with van der Waals surface area (Å²) in [5, 5.41) is 10.3. The Kier molecular flexibility index (Phi) is 7.57. The molecule has 0 radical (unpaired) electrons. The topological polar surface area (TPSA) is 74.5 Å². The average molecular weight is 562 g/mol. The molecule has 6 rings (SSSR count). The molecule has 1 aromatic carbocycles. The number of aliphatic hydroxyl groups is 1. The highest BCUT2D eigenvalue weighted by Crippen LogP contribution is 2.38. The van der Waals surface area contributed by atoms with Gasteiger partial charge in [-0.15, -0.1) is 0 Å². The summed E-state index contributed by atoms with van der Waals surface area (Å²) >= 11 is 6.12. The van der Waals surface area contributed by atoms with Crippen LogP contribution in [0.1, 0.15) is 54.1 Å². The molecule has 0 amide bonds. The van der Waals surface area contributed by atoms with Gasteiger partial charge in [-0.3, -0.25) is 19.7 Å².